The first-order valence-corrected chi connectivity index (χ1v) is 8.46. The van der Waals surface area contributed by atoms with Gasteiger partial charge in [0.1, 0.15) is 0 Å². The molecule has 0 spiro atoms. The summed E-state index contributed by atoms with van der Waals surface area (Å²) in [6.07, 6.45) is 3.39. The first kappa shape index (κ1) is 14.9. The minimum atomic E-state index is -0.195. The fourth-order valence-electron chi connectivity index (χ4n) is 2.74. The molecule has 1 saturated carbocycles. The number of imidazole rings is 1. The number of nitrogens with one attached hydrogen (secondary N) is 2. The maximum Gasteiger partial charge on any atom is 0.166 e. The van der Waals surface area contributed by atoms with Gasteiger partial charge in [0.25, 0.3) is 0 Å². The van der Waals surface area contributed by atoms with Crippen LogP contribution in [0.3, 0.4) is 0 Å². The number of aromatic nitrogens is 2. The van der Waals surface area contributed by atoms with Crippen LogP contribution in [-0.2, 0) is 0 Å². The van der Waals surface area contributed by atoms with Gasteiger partial charge in [-0.1, -0.05) is 30.8 Å². The lowest BCUT2D eigenvalue weighted by Gasteiger charge is -2.31. The minimum Gasteiger partial charge on any atom is -0.394 e. The van der Waals surface area contributed by atoms with E-state index < -0.39 is 0 Å². The number of fused-ring (bicyclic) bond motifs is 1. The van der Waals surface area contributed by atoms with Gasteiger partial charge in [-0.05, 0) is 38.3 Å². The van der Waals surface area contributed by atoms with Crippen LogP contribution in [0.25, 0.3) is 11.0 Å². The van der Waals surface area contributed by atoms with E-state index in [1.54, 1.807) is 11.8 Å². The number of aliphatic hydroxyl groups excluding tert-OH is 1. The van der Waals surface area contributed by atoms with Gasteiger partial charge in [-0.15, -0.1) is 0 Å². The van der Waals surface area contributed by atoms with Crippen LogP contribution in [-0.4, -0.2) is 38.5 Å². The van der Waals surface area contributed by atoms with Gasteiger partial charge < -0.3 is 15.4 Å². The summed E-state index contributed by atoms with van der Waals surface area (Å²) in [4.78, 5) is 7.96. The van der Waals surface area contributed by atoms with Crippen LogP contribution in [0.2, 0.25) is 0 Å². The lowest BCUT2D eigenvalue weighted by Crippen LogP contribution is -2.48. The van der Waals surface area contributed by atoms with Crippen molar-refractivity contribution in [3.05, 3.63) is 24.3 Å². The highest BCUT2D eigenvalue weighted by Crippen LogP contribution is 2.30. The topological polar surface area (TPSA) is 60.9 Å². The Hall–Kier alpha value is -1.04. The van der Waals surface area contributed by atoms with E-state index in [0.717, 1.165) is 22.6 Å². The van der Waals surface area contributed by atoms with Crippen molar-refractivity contribution >= 4 is 22.8 Å². The molecule has 2 atom stereocenters. The summed E-state index contributed by atoms with van der Waals surface area (Å²) in [5.41, 5.74) is 1.89. The third-order valence-corrected chi connectivity index (χ3v) is 4.88. The molecule has 0 amide bonds. The second kappa shape index (κ2) is 5.99. The summed E-state index contributed by atoms with van der Waals surface area (Å²) in [5.74, 6) is 0. The largest absolute Gasteiger partial charge is 0.394 e. The normalized spacial score (nSPS) is 19.6. The molecule has 1 aromatic carbocycles. The molecule has 114 valence electrons. The Balaban J connectivity index is 1.63. The molecule has 4 nitrogen and oxygen atoms in total. The lowest BCUT2D eigenvalue weighted by atomic mass is 9.97. The zero-order valence-electron chi connectivity index (χ0n) is 12.6. The summed E-state index contributed by atoms with van der Waals surface area (Å²) in [6.45, 7) is 4.48. The number of thioether (sulfide) groups is 1. The number of H-pyrrole nitrogens is 1. The molecule has 5 heteroatoms. The number of benzene rings is 1. The molecular weight excluding hydrogens is 282 g/mol. The van der Waals surface area contributed by atoms with E-state index in [-0.39, 0.29) is 12.1 Å². The predicted molar refractivity (Wildman–Crippen MR) is 87.7 cm³/mol. The van der Waals surface area contributed by atoms with Crippen LogP contribution >= 0.6 is 11.8 Å². The van der Waals surface area contributed by atoms with Gasteiger partial charge in [0.2, 0.25) is 0 Å². The van der Waals surface area contributed by atoms with E-state index in [4.69, 9.17) is 0 Å². The molecule has 0 bridgehead atoms. The molecule has 3 rings (SSSR count). The highest BCUT2D eigenvalue weighted by atomic mass is 32.2. The summed E-state index contributed by atoms with van der Waals surface area (Å²) < 4.78 is 0. The number of aromatic amines is 1. The summed E-state index contributed by atoms with van der Waals surface area (Å²) >= 11 is 1.74. The summed E-state index contributed by atoms with van der Waals surface area (Å²) in [7, 11) is 0. The Bertz CT molecular complexity index is 577. The smallest absolute Gasteiger partial charge is 0.166 e. The Labute approximate surface area is 129 Å². The van der Waals surface area contributed by atoms with Crippen molar-refractivity contribution in [3.8, 4) is 0 Å². The third kappa shape index (κ3) is 3.78. The highest BCUT2D eigenvalue weighted by molar-refractivity contribution is 7.99. The number of rotatable bonds is 7. The van der Waals surface area contributed by atoms with Crippen molar-refractivity contribution in [1.82, 2.24) is 15.3 Å². The van der Waals surface area contributed by atoms with Crippen LogP contribution in [0.5, 0.6) is 0 Å². The first-order valence-electron chi connectivity index (χ1n) is 7.58. The minimum absolute atomic E-state index is 0.175. The molecule has 1 aliphatic rings. The Morgan fingerprint density at radius 3 is 2.90 bits per heavy atom. The molecule has 1 heterocycles. The maximum atomic E-state index is 9.70. The molecular formula is C16H23N3OS. The third-order valence-electron chi connectivity index (χ3n) is 3.90. The molecule has 2 aromatic rings. The molecule has 3 N–H and O–H groups in total. The van der Waals surface area contributed by atoms with Crippen LogP contribution in [0.15, 0.2) is 29.4 Å². The van der Waals surface area contributed by atoms with E-state index in [1.165, 1.54) is 12.8 Å². The Morgan fingerprint density at radius 2 is 2.24 bits per heavy atom. The number of para-hydroxylation sites is 2. The van der Waals surface area contributed by atoms with Gasteiger partial charge >= 0.3 is 0 Å². The predicted octanol–water partition coefficient (Wildman–Crippen LogP) is 2.94. The first-order chi connectivity index (χ1) is 10.1. The van der Waals surface area contributed by atoms with Crippen LogP contribution in [0.1, 0.15) is 33.1 Å². The second-order valence-electron chi connectivity index (χ2n) is 6.33. The monoisotopic (exact) mass is 305 g/mol. The van der Waals surface area contributed by atoms with Crippen molar-refractivity contribution in [2.24, 2.45) is 0 Å². The zero-order chi connectivity index (χ0) is 14.9. The van der Waals surface area contributed by atoms with Crippen molar-refractivity contribution in [1.29, 1.82) is 0 Å². The average molecular weight is 305 g/mol. The molecule has 1 aromatic heterocycles. The van der Waals surface area contributed by atoms with E-state index in [1.807, 2.05) is 24.3 Å². The number of aliphatic hydroxyl groups is 1. The second-order valence-corrected chi connectivity index (χ2v) is 7.76. The Kier molecular flexibility index (Phi) is 4.24. The average Bonchev–Trinajstić information content (AvgIpc) is 3.15. The summed E-state index contributed by atoms with van der Waals surface area (Å²) in [6, 6.07) is 8.69. The molecule has 2 unspecified atom stereocenters. The molecule has 0 aliphatic heterocycles. The molecule has 0 saturated heterocycles. The van der Waals surface area contributed by atoms with Gasteiger partial charge in [0, 0.05) is 16.8 Å². The van der Waals surface area contributed by atoms with Crippen LogP contribution in [0, 0.1) is 0 Å². The number of hydrogen-bond acceptors (Lipinski definition) is 4. The van der Waals surface area contributed by atoms with Crippen molar-refractivity contribution in [3.63, 3.8) is 0 Å². The molecule has 0 radical (unpaired) electrons. The van der Waals surface area contributed by atoms with Gasteiger partial charge in [-0.25, -0.2) is 4.98 Å². The molecule has 21 heavy (non-hydrogen) atoms. The van der Waals surface area contributed by atoms with E-state index >= 15 is 0 Å². The van der Waals surface area contributed by atoms with E-state index in [2.05, 4.69) is 29.1 Å². The Morgan fingerprint density at radius 1 is 1.48 bits per heavy atom. The van der Waals surface area contributed by atoms with Crippen LogP contribution in [0.4, 0.5) is 0 Å². The van der Waals surface area contributed by atoms with Gasteiger partial charge in [0.15, 0.2) is 5.16 Å². The maximum absolute atomic E-state index is 9.70. The highest BCUT2D eigenvalue weighted by Gasteiger charge is 2.33. The van der Waals surface area contributed by atoms with E-state index in [9.17, 15) is 5.11 Å². The van der Waals surface area contributed by atoms with Crippen molar-refractivity contribution in [2.75, 3.05) is 6.61 Å². The van der Waals surface area contributed by atoms with Crippen LogP contribution < -0.4 is 5.32 Å². The number of nitrogens with zero attached hydrogens (tertiary/aromatic N) is 1. The lowest BCUT2D eigenvalue weighted by molar-refractivity contribution is 0.164. The van der Waals surface area contributed by atoms with Crippen molar-refractivity contribution < 1.29 is 5.11 Å². The fraction of sp³-hybridized carbons (Fsp3) is 0.562. The zero-order valence-corrected chi connectivity index (χ0v) is 13.4. The van der Waals surface area contributed by atoms with Crippen molar-refractivity contribution in [2.45, 2.75) is 55.1 Å². The summed E-state index contributed by atoms with van der Waals surface area (Å²) in [5, 5.41) is 14.6. The molecule has 1 fully saturated rings. The van der Waals surface area contributed by atoms with E-state index in [0.29, 0.717) is 11.3 Å². The molecule has 1 aliphatic carbocycles. The quantitative estimate of drug-likeness (QED) is 0.688. The fourth-order valence-corrected chi connectivity index (χ4v) is 3.89. The van der Waals surface area contributed by atoms with Gasteiger partial charge in [-0.2, -0.15) is 0 Å². The van der Waals surface area contributed by atoms with Gasteiger partial charge in [0.05, 0.1) is 17.6 Å². The SMILES string of the molecule is CC(CC(C)(CO)NC1CC1)Sc1nc2ccccc2[nH]1. The van der Waals surface area contributed by atoms with Gasteiger partial charge in [-0.3, -0.25) is 0 Å². The standard InChI is InChI=1S/C16H23N3OS/c1-11(9-16(2,10-20)19-12-7-8-12)21-15-17-13-5-3-4-6-14(13)18-15/h3-6,11-12,19-20H,7-10H2,1-2H3,(H,17,18). The number of hydrogen-bond donors (Lipinski definition) is 3.